The van der Waals surface area contributed by atoms with Gasteiger partial charge >= 0.3 is 0 Å². The molecule has 0 bridgehead atoms. The Labute approximate surface area is 93.0 Å². The fourth-order valence-corrected chi connectivity index (χ4v) is 2.46. The maximum atomic E-state index is 3.53. The van der Waals surface area contributed by atoms with Crippen LogP contribution in [-0.4, -0.2) is 61.9 Å². The molecule has 4 nitrogen and oxygen atoms in total. The molecule has 2 fully saturated rings. The SMILES string of the molecule is CCCN1CCN(C2NCCCN2)CC1. The summed E-state index contributed by atoms with van der Waals surface area (Å²) in [5.74, 6) is 0. The molecule has 2 saturated heterocycles. The summed E-state index contributed by atoms with van der Waals surface area (Å²) >= 11 is 0. The van der Waals surface area contributed by atoms with Gasteiger partial charge in [-0.05, 0) is 32.5 Å². The second-order valence-electron chi connectivity index (χ2n) is 4.54. The summed E-state index contributed by atoms with van der Waals surface area (Å²) in [7, 11) is 0. The first-order chi connectivity index (χ1) is 7.40. The topological polar surface area (TPSA) is 30.5 Å². The first-order valence-corrected chi connectivity index (χ1v) is 6.33. The quantitative estimate of drug-likeness (QED) is 0.683. The van der Waals surface area contributed by atoms with Gasteiger partial charge in [0.05, 0.1) is 0 Å². The minimum absolute atomic E-state index is 0.433. The van der Waals surface area contributed by atoms with E-state index in [-0.39, 0.29) is 0 Å². The molecule has 0 aromatic rings. The lowest BCUT2D eigenvalue weighted by Crippen LogP contribution is -2.62. The molecule has 4 heteroatoms. The zero-order valence-electron chi connectivity index (χ0n) is 9.84. The van der Waals surface area contributed by atoms with Gasteiger partial charge in [0.15, 0.2) is 0 Å². The van der Waals surface area contributed by atoms with Gasteiger partial charge in [-0.3, -0.25) is 15.5 Å². The second kappa shape index (κ2) is 5.80. The summed E-state index contributed by atoms with van der Waals surface area (Å²) in [5.41, 5.74) is 0. The average molecular weight is 212 g/mol. The molecule has 2 N–H and O–H groups in total. The van der Waals surface area contributed by atoms with E-state index in [1.54, 1.807) is 0 Å². The molecule has 0 aromatic heterocycles. The first kappa shape index (κ1) is 11.3. The van der Waals surface area contributed by atoms with Crippen molar-refractivity contribution >= 4 is 0 Å². The summed E-state index contributed by atoms with van der Waals surface area (Å²) in [4.78, 5) is 5.10. The van der Waals surface area contributed by atoms with Crippen LogP contribution >= 0.6 is 0 Å². The van der Waals surface area contributed by atoms with Gasteiger partial charge in [-0.2, -0.15) is 0 Å². The Morgan fingerprint density at radius 3 is 2.33 bits per heavy atom. The second-order valence-corrected chi connectivity index (χ2v) is 4.54. The van der Waals surface area contributed by atoms with E-state index in [1.165, 1.54) is 45.6 Å². The molecule has 0 aliphatic carbocycles. The van der Waals surface area contributed by atoms with Crippen LogP contribution in [0, 0.1) is 0 Å². The summed E-state index contributed by atoms with van der Waals surface area (Å²) in [6, 6.07) is 0. The van der Waals surface area contributed by atoms with E-state index in [0.29, 0.717) is 6.29 Å². The number of hydrogen-bond acceptors (Lipinski definition) is 4. The molecule has 2 aliphatic rings. The molecule has 0 spiro atoms. The van der Waals surface area contributed by atoms with Gasteiger partial charge in [-0.25, -0.2) is 0 Å². The van der Waals surface area contributed by atoms with E-state index < -0.39 is 0 Å². The first-order valence-electron chi connectivity index (χ1n) is 6.33. The molecule has 0 saturated carbocycles. The molecular formula is C11H24N4. The van der Waals surface area contributed by atoms with Crippen molar-refractivity contribution in [3.05, 3.63) is 0 Å². The Balaban J connectivity index is 1.72. The van der Waals surface area contributed by atoms with E-state index in [0.717, 1.165) is 13.1 Å². The number of hydrogen-bond donors (Lipinski definition) is 2. The Morgan fingerprint density at radius 1 is 1.07 bits per heavy atom. The molecule has 2 aliphatic heterocycles. The Kier molecular flexibility index (Phi) is 4.38. The minimum Gasteiger partial charge on any atom is -0.301 e. The molecule has 0 radical (unpaired) electrons. The largest absolute Gasteiger partial charge is 0.301 e. The Morgan fingerprint density at radius 2 is 1.73 bits per heavy atom. The fourth-order valence-electron chi connectivity index (χ4n) is 2.46. The average Bonchev–Trinajstić information content (AvgIpc) is 2.32. The van der Waals surface area contributed by atoms with Crippen molar-refractivity contribution in [2.45, 2.75) is 26.1 Å². The van der Waals surface area contributed by atoms with E-state index in [9.17, 15) is 0 Å². The van der Waals surface area contributed by atoms with Crippen molar-refractivity contribution in [2.24, 2.45) is 0 Å². The third kappa shape index (κ3) is 3.14. The third-order valence-electron chi connectivity index (χ3n) is 3.34. The third-order valence-corrected chi connectivity index (χ3v) is 3.34. The van der Waals surface area contributed by atoms with Crippen LogP contribution in [0.3, 0.4) is 0 Å². The van der Waals surface area contributed by atoms with E-state index >= 15 is 0 Å². The van der Waals surface area contributed by atoms with Crippen LogP contribution in [0.15, 0.2) is 0 Å². The van der Waals surface area contributed by atoms with E-state index in [1.807, 2.05) is 0 Å². The van der Waals surface area contributed by atoms with Crippen LogP contribution in [0.5, 0.6) is 0 Å². The molecule has 2 heterocycles. The highest BCUT2D eigenvalue weighted by molar-refractivity contribution is 4.78. The Hall–Kier alpha value is -0.160. The van der Waals surface area contributed by atoms with Gasteiger partial charge in [-0.15, -0.1) is 0 Å². The lowest BCUT2D eigenvalue weighted by atomic mass is 10.2. The summed E-state index contributed by atoms with van der Waals surface area (Å²) in [5, 5.41) is 7.06. The lowest BCUT2D eigenvalue weighted by molar-refractivity contribution is 0.0571. The number of piperazine rings is 1. The molecule has 88 valence electrons. The summed E-state index contributed by atoms with van der Waals surface area (Å²) in [6.07, 6.45) is 2.97. The fraction of sp³-hybridized carbons (Fsp3) is 1.00. The van der Waals surface area contributed by atoms with Gasteiger partial charge in [0.25, 0.3) is 0 Å². The standard InChI is InChI=1S/C11H24N4/c1-2-6-14-7-9-15(10-8-14)11-12-4-3-5-13-11/h11-13H,2-10H2,1H3. The van der Waals surface area contributed by atoms with Crippen LogP contribution in [-0.2, 0) is 0 Å². The molecular weight excluding hydrogens is 188 g/mol. The van der Waals surface area contributed by atoms with Crippen LogP contribution in [0.4, 0.5) is 0 Å². The van der Waals surface area contributed by atoms with Gasteiger partial charge in [0.1, 0.15) is 6.29 Å². The predicted molar refractivity (Wildman–Crippen MR) is 62.7 cm³/mol. The molecule has 0 amide bonds. The highest BCUT2D eigenvalue weighted by Crippen LogP contribution is 2.05. The van der Waals surface area contributed by atoms with Crippen molar-refractivity contribution in [1.82, 2.24) is 20.4 Å². The summed E-state index contributed by atoms with van der Waals surface area (Å²) < 4.78 is 0. The number of nitrogens with one attached hydrogen (secondary N) is 2. The maximum Gasteiger partial charge on any atom is 0.114 e. The van der Waals surface area contributed by atoms with Gasteiger partial charge in [0, 0.05) is 26.2 Å². The molecule has 0 aromatic carbocycles. The summed E-state index contributed by atoms with van der Waals surface area (Å²) in [6.45, 7) is 10.7. The van der Waals surface area contributed by atoms with Crippen molar-refractivity contribution in [3.8, 4) is 0 Å². The van der Waals surface area contributed by atoms with Crippen LogP contribution in [0.25, 0.3) is 0 Å². The van der Waals surface area contributed by atoms with Crippen LogP contribution < -0.4 is 10.6 Å². The number of rotatable bonds is 3. The van der Waals surface area contributed by atoms with Gasteiger partial charge < -0.3 is 4.90 Å². The maximum absolute atomic E-state index is 3.53. The van der Waals surface area contributed by atoms with Crippen LogP contribution in [0.2, 0.25) is 0 Å². The molecule has 2 rings (SSSR count). The zero-order chi connectivity index (χ0) is 10.5. The zero-order valence-corrected chi connectivity index (χ0v) is 9.84. The molecule has 15 heavy (non-hydrogen) atoms. The van der Waals surface area contributed by atoms with Crippen molar-refractivity contribution in [1.29, 1.82) is 0 Å². The smallest absolute Gasteiger partial charge is 0.114 e. The van der Waals surface area contributed by atoms with Crippen molar-refractivity contribution < 1.29 is 0 Å². The highest BCUT2D eigenvalue weighted by atomic mass is 15.4. The minimum atomic E-state index is 0.433. The molecule has 0 unspecified atom stereocenters. The van der Waals surface area contributed by atoms with E-state index in [4.69, 9.17) is 0 Å². The monoisotopic (exact) mass is 212 g/mol. The lowest BCUT2D eigenvalue weighted by Gasteiger charge is -2.41. The molecule has 0 atom stereocenters. The van der Waals surface area contributed by atoms with Crippen molar-refractivity contribution in [3.63, 3.8) is 0 Å². The van der Waals surface area contributed by atoms with Gasteiger partial charge in [0.2, 0.25) is 0 Å². The highest BCUT2D eigenvalue weighted by Gasteiger charge is 2.23. The van der Waals surface area contributed by atoms with Gasteiger partial charge in [-0.1, -0.05) is 6.92 Å². The Bertz CT molecular complexity index is 171. The van der Waals surface area contributed by atoms with E-state index in [2.05, 4.69) is 27.4 Å². The van der Waals surface area contributed by atoms with Crippen molar-refractivity contribution in [2.75, 3.05) is 45.8 Å². The normalized spacial score (nSPS) is 27.0. The van der Waals surface area contributed by atoms with Crippen LogP contribution in [0.1, 0.15) is 19.8 Å². The predicted octanol–water partition coefficient (Wildman–Crippen LogP) is -0.119. The number of nitrogens with zero attached hydrogens (tertiary/aromatic N) is 2.